The summed E-state index contributed by atoms with van der Waals surface area (Å²) in [5.41, 5.74) is 9.76. The van der Waals surface area contributed by atoms with Crippen molar-refractivity contribution in [1.82, 2.24) is 0 Å². The number of sulfone groups is 2. The Balaban J connectivity index is 0.00000111. The maximum Gasteiger partial charge on any atom is 0.210 e. The van der Waals surface area contributed by atoms with Gasteiger partial charge in [0.2, 0.25) is 19.7 Å². The molecular weight excluding hydrogens is 853 g/mol. The molecule has 0 aromatic heterocycles. The number of anilines is 6. The number of benzene rings is 8. The van der Waals surface area contributed by atoms with Crippen molar-refractivity contribution in [3.63, 3.8) is 0 Å². The van der Waals surface area contributed by atoms with Crippen LogP contribution >= 0.6 is 0 Å². The Hall–Kier alpha value is -7.15. The Bertz CT molecular complexity index is 3020. The highest BCUT2D eigenvalue weighted by Crippen LogP contribution is 2.52. The van der Waals surface area contributed by atoms with Crippen LogP contribution in [0.1, 0.15) is 27.0 Å². The van der Waals surface area contributed by atoms with Gasteiger partial charge in [-0.25, -0.2) is 16.8 Å². The number of fused-ring (bicyclic) bond motifs is 4. The number of ether oxygens (including phenoxy) is 1. The molecule has 2 aliphatic heterocycles. The summed E-state index contributed by atoms with van der Waals surface area (Å²) in [4.78, 5) is 19.8. The first-order valence-corrected chi connectivity index (χ1v) is 23.7. The molecule has 9 nitrogen and oxygen atoms in total. The van der Waals surface area contributed by atoms with Crippen LogP contribution in [0.25, 0.3) is 22.3 Å². The number of aliphatic hydroxyl groups is 1. The van der Waals surface area contributed by atoms with E-state index < -0.39 is 19.7 Å². The van der Waals surface area contributed by atoms with Crippen molar-refractivity contribution in [3.05, 3.63) is 204 Å². The van der Waals surface area contributed by atoms with Gasteiger partial charge < -0.3 is 19.6 Å². The first kappa shape index (κ1) is 44.5. The SMILES string of the molecule is CO.COC.Cc1ccc(-c2ccccc2N2c3ccccc3S(=O)(=O)c3ccccc32)cc1C(=O)c1cc(-c2ccccc2N2c3ccccc3S(=O)(=O)c3ccccc32)ccc1C. The summed E-state index contributed by atoms with van der Waals surface area (Å²) in [6.07, 6.45) is 0. The number of methoxy groups -OCH3 is 1. The van der Waals surface area contributed by atoms with Crippen molar-refractivity contribution in [1.29, 1.82) is 0 Å². The second-order valence-corrected chi connectivity index (χ2v) is 19.2. The highest BCUT2D eigenvalue weighted by molar-refractivity contribution is 7.92. The van der Waals surface area contributed by atoms with Gasteiger partial charge in [0, 0.05) is 43.6 Å². The molecule has 8 aromatic rings. The number of hydrogen-bond acceptors (Lipinski definition) is 9. The molecule has 0 fully saturated rings. The van der Waals surface area contributed by atoms with Crippen LogP contribution in [0.5, 0.6) is 0 Å². The Morgan fingerprint density at radius 1 is 0.415 bits per heavy atom. The molecule has 8 aromatic carbocycles. The van der Waals surface area contributed by atoms with Gasteiger partial charge in [0.25, 0.3) is 0 Å². The Labute approximate surface area is 380 Å². The van der Waals surface area contributed by atoms with E-state index in [1.54, 1.807) is 62.8 Å². The van der Waals surface area contributed by atoms with Gasteiger partial charge in [0.05, 0.1) is 53.7 Å². The van der Waals surface area contributed by atoms with Crippen LogP contribution in [0.3, 0.4) is 0 Å². The summed E-state index contributed by atoms with van der Waals surface area (Å²) in [5, 5.41) is 7.00. The van der Waals surface area contributed by atoms with Gasteiger partial charge in [-0.15, -0.1) is 0 Å². The van der Waals surface area contributed by atoms with Gasteiger partial charge in [0.1, 0.15) is 0 Å². The maximum atomic E-state index is 14.9. The molecule has 0 spiro atoms. The van der Waals surface area contributed by atoms with E-state index in [1.807, 2.05) is 157 Å². The van der Waals surface area contributed by atoms with E-state index in [0.29, 0.717) is 33.9 Å². The lowest BCUT2D eigenvalue weighted by Crippen LogP contribution is -2.22. The summed E-state index contributed by atoms with van der Waals surface area (Å²) in [6.45, 7) is 3.86. The predicted molar refractivity (Wildman–Crippen MR) is 258 cm³/mol. The molecule has 2 heterocycles. The van der Waals surface area contributed by atoms with Gasteiger partial charge in [0.15, 0.2) is 5.78 Å². The smallest absolute Gasteiger partial charge is 0.210 e. The Kier molecular flexibility index (Phi) is 12.4. The maximum absolute atomic E-state index is 14.9. The molecule has 2 aliphatic rings. The Morgan fingerprint density at radius 2 is 0.677 bits per heavy atom. The minimum absolute atomic E-state index is 0.136. The molecule has 10 rings (SSSR count). The predicted octanol–water partition coefficient (Wildman–Crippen LogP) is 12.0. The summed E-state index contributed by atoms with van der Waals surface area (Å²) in [5.74, 6) is -0.136. The number of aryl methyl sites for hydroxylation is 2. The molecule has 0 radical (unpaired) electrons. The summed E-state index contributed by atoms with van der Waals surface area (Å²) < 4.78 is 59.4. The zero-order valence-electron chi connectivity index (χ0n) is 36.4. The normalized spacial score (nSPS) is 13.6. The fourth-order valence-corrected chi connectivity index (χ4v) is 11.8. The average Bonchev–Trinajstić information content (AvgIpc) is 3.33. The lowest BCUT2D eigenvalue weighted by molar-refractivity contribution is 0.103. The van der Waals surface area contributed by atoms with Crippen molar-refractivity contribution < 1.29 is 31.5 Å². The fraction of sp³-hybridized carbons (Fsp3) is 0.0926. The van der Waals surface area contributed by atoms with Crippen molar-refractivity contribution in [2.75, 3.05) is 31.1 Å². The molecule has 1 N–H and O–H groups in total. The van der Waals surface area contributed by atoms with Gasteiger partial charge >= 0.3 is 0 Å². The minimum Gasteiger partial charge on any atom is -0.400 e. The second-order valence-electron chi connectivity index (χ2n) is 15.4. The van der Waals surface area contributed by atoms with E-state index >= 15 is 0 Å². The molecule has 0 saturated heterocycles. The van der Waals surface area contributed by atoms with Gasteiger partial charge in [-0.3, -0.25) is 4.79 Å². The average molecular weight is 899 g/mol. The Morgan fingerprint density at radius 3 is 0.985 bits per heavy atom. The molecule has 0 atom stereocenters. The molecular formula is C54H46N2O7S2. The highest BCUT2D eigenvalue weighted by atomic mass is 32.2. The fourth-order valence-electron chi connectivity index (χ4n) is 8.53. The summed E-state index contributed by atoms with van der Waals surface area (Å²) in [7, 11) is -3.26. The topological polar surface area (TPSA) is 121 Å². The number of aliphatic hydroxyl groups excluding tert-OH is 1. The van der Waals surface area contributed by atoms with Gasteiger partial charge in [-0.2, -0.15) is 0 Å². The zero-order chi connectivity index (χ0) is 46.0. The van der Waals surface area contributed by atoms with Crippen molar-refractivity contribution in [2.45, 2.75) is 33.4 Å². The molecule has 0 amide bonds. The van der Waals surface area contributed by atoms with Crippen LogP contribution < -0.4 is 9.80 Å². The molecule has 0 saturated carbocycles. The van der Waals surface area contributed by atoms with Crippen molar-refractivity contribution in [2.24, 2.45) is 0 Å². The molecule has 11 heteroatoms. The van der Waals surface area contributed by atoms with E-state index in [1.165, 1.54) is 0 Å². The molecule has 0 unspecified atom stereocenters. The molecule has 0 bridgehead atoms. The van der Waals surface area contributed by atoms with Crippen molar-refractivity contribution in [3.8, 4) is 22.3 Å². The molecule has 326 valence electrons. The number of rotatable bonds is 6. The number of ketones is 1. The highest BCUT2D eigenvalue weighted by Gasteiger charge is 2.37. The van der Waals surface area contributed by atoms with E-state index in [2.05, 4.69) is 4.74 Å². The van der Waals surface area contributed by atoms with Crippen LogP contribution in [0.2, 0.25) is 0 Å². The third-order valence-corrected chi connectivity index (χ3v) is 15.2. The lowest BCUT2D eigenvalue weighted by atomic mass is 9.90. The van der Waals surface area contributed by atoms with E-state index in [-0.39, 0.29) is 25.4 Å². The lowest BCUT2D eigenvalue weighted by Gasteiger charge is -2.34. The number of carbonyl (C=O) groups excluding carboxylic acids is 1. The van der Waals surface area contributed by atoms with E-state index in [4.69, 9.17) is 5.11 Å². The van der Waals surface area contributed by atoms with Crippen molar-refractivity contribution >= 4 is 59.6 Å². The summed E-state index contributed by atoms with van der Waals surface area (Å²) in [6, 6.07) is 55.6. The minimum atomic E-state index is -3.76. The largest absolute Gasteiger partial charge is 0.400 e. The van der Waals surface area contributed by atoms with Crippen LogP contribution in [0.15, 0.2) is 202 Å². The first-order valence-electron chi connectivity index (χ1n) is 20.7. The standard InChI is InChI=1S/C51H36N2O5S2.C2H6O.CH4O/c1-33-27-29-35(37-15-3-5-17-41(37)52-43-19-7-11-23-47(43)59(55,56)48-24-12-8-20-44(48)52)31-39(33)51(54)40-32-36(30-28-34(40)2)38-16-4-6-18-42(38)53-45-21-9-13-25-49(45)60(57,58)50-26-14-10-22-46(50)53;1-3-2;1-2/h3-32H,1-2H3;1-2H3;2H,1H3. The molecule has 0 aliphatic carbocycles. The number of para-hydroxylation sites is 6. The van der Waals surface area contributed by atoms with Crippen LogP contribution in [-0.2, 0) is 24.4 Å². The third kappa shape index (κ3) is 7.72. The zero-order valence-corrected chi connectivity index (χ0v) is 38.1. The van der Waals surface area contributed by atoms with Crippen LogP contribution in [0, 0.1) is 13.8 Å². The number of carbonyl (C=O) groups is 1. The number of nitrogens with zero attached hydrogens (tertiary/aromatic N) is 2. The molecule has 65 heavy (non-hydrogen) atoms. The third-order valence-electron chi connectivity index (χ3n) is 11.5. The van der Waals surface area contributed by atoms with Gasteiger partial charge in [-0.1, -0.05) is 109 Å². The second kappa shape index (κ2) is 18.1. The van der Waals surface area contributed by atoms with E-state index in [9.17, 15) is 21.6 Å². The van der Waals surface area contributed by atoms with Crippen LogP contribution in [0.4, 0.5) is 34.1 Å². The first-order chi connectivity index (χ1) is 31.5. The summed E-state index contributed by atoms with van der Waals surface area (Å²) >= 11 is 0. The quantitative estimate of drug-likeness (QED) is 0.163. The van der Waals surface area contributed by atoms with Crippen LogP contribution in [-0.4, -0.2) is 49.1 Å². The monoisotopic (exact) mass is 898 g/mol. The number of hydrogen-bond donors (Lipinski definition) is 1. The van der Waals surface area contributed by atoms with Gasteiger partial charge in [-0.05, 0) is 109 Å². The van der Waals surface area contributed by atoms with E-state index in [0.717, 1.165) is 51.9 Å².